The number of unbranched alkanes of at least 4 members (excludes halogenated alkanes) is 1. The Morgan fingerprint density at radius 1 is 1.19 bits per heavy atom. The summed E-state index contributed by atoms with van der Waals surface area (Å²) in [6, 6.07) is 5.96. The van der Waals surface area contributed by atoms with E-state index in [0.717, 1.165) is 49.4 Å². The lowest BCUT2D eigenvalue weighted by Gasteiger charge is -2.11. The summed E-state index contributed by atoms with van der Waals surface area (Å²) in [5.41, 5.74) is 0.894. The fourth-order valence-corrected chi connectivity index (χ4v) is 3.73. The molecule has 2 aromatic rings. The van der Waals surface area contributed by atoms with Gasteiger partial charge in [-0.05, 0) is 31.4 Å². The molecule has 0 aromatic carbocycles. The van der Waals surface area contributed by atoms with Gasteiger partial charge in [0.15, 0.2) is 11.6 Å². The Kier molecular flexibility index (Phi) is 7.28. The number of aliphatic imine (C=N–C) groups is 1. The molecule has 6 heteroatoms. The first-order chi connectivity index (χ1) is 12.9. The van der Waals surface area contributed by atoms with E-state index in [1.54, 1.807) is 0 Å². The number of hydrogen-bond donors (Lipinski definition) is 2. The molecule has 0 aliphatic heterocycles. The van der Waals surface area contributed by atoms with Crippen LogP contribution in [0, 0.1) is 5.92 Å². The monoisotopic (exact) mass is 356 g/mol. The van der Waals surface area contributed by atoms with Crippen LogP contribution in [-0.4, -0.2) is 40.2 Å². The quantitative estimate of drug-likeness (QED) is 0.411. The van der Waals surface area contributed by atoms with Gasteiger partial charge >= 0.3 is 0 Å². The lowest BCUT2D eigenvalue weighted by Crippen LogP contribution is -2.38. The lowest BCUT2D eigenvalue weighted by atomic mass is 10.0. The number of fused-ring (bicyclic) bond motifs is 1. The van der Waals surface area contributed by atoms with Gasteiger partial charge in [-0.2, -0.15) is 0 Å². The van der Waals surface area contributed by atoms with Crippen molar-refractivity contribution in [1.82, 2.24) is 25.2 Å². The van der Waals surface area contributed by atoms with Gasteiger partial charge in [0.2, 0.25) is 0 Å². The van der Waals surface area contributed by atoms with Crippen molar-refractivity contribution in [1.29, 1.82) is 0 Å². The fraction of sp³-hybridized carbons (Fsp3) is 0.650. The Hall–Kier alpha value is -2.11. The molecule has 0 bridgehead atoms. The summed E-state index contributed by atoms with van der Waals surface area (Å²) in [5.74, 6) is 2.87. The Labute approximate surface area is 156 Å². The topological polar surface area (TPSA) is 66.6 Å². The molecular formula is C20H32N6. The highest BCUT2D eigenvalue weighted by atomic mass is 15.2. The summed E-state index contributed by atoms with van der Waals surface area (Å²) in [4.78, 5) is 4.71. The minimum absolute atomic E-state index is 0.795. The normalized spacial score (nSPS) is 15.7. The molecule has 0 radical (unpaired) electrons. The summed E-state index contributed by atoms with van der Waals surface area (Å²) in [6.07, 6.45) is 12.5. The number of hydrogen-bond acceptors (Lipinski definition) is 3. The zero-order valence-electron chi connectivity index (χ0n) is 16.0. The molecule has 0 atom stereocenters. The molecule has 1 aliphatic carbocycles. The molecule has 26 heavy (non-hydrogen) atoms. The van der Waals surface area contributed by atoms with E-state index in [2.05, 4.69) is 27.8 Å². The third kappa shape index (κ3) is 5.44. The van der Waals surface area contributed by atoms with Crippen molar-refractivity contribution in [2.75, 3.05) is 19.6 Å². The highest BCUT2D eigenvalue weighted by Gasteiger charge is 2.13. The fourth-order valence-electron chi connectivity index (χ4n) is 3.73. The van der Waals surface area contributed by atoms with Crippen LogP contribution in [0.5, 0.6) is 0 Å². The number of nitrogens with one attached hydrogen (secondary N) is 2. The second-order valence-corrected chi connectivity index (χ2v) is 7.13. The van der Waals surface area contributed by atoms with Crippen LogP contribution in [0.25, 0.3) is 5.65 Å². The van der Waals surface area contributed by atoms with Crippen molar-refractivity contribution in [3.05, 3.63) is 30.2 Å². The molecule has 6 nitrogen and oxygen atoms in total. The van der Waals surface area contributed by atoms with Gasteiger partial charge in [-0.1, -0.05) is 44.6 Å². The standard InChI is InChI=1S/C20H32N6/c1-2-21-20(22-14-7-5-11-17-9-3-4-10-17)23-15-13-19-25-24-18-12-6-8-16-26(18)19/h6,8,12,16-17H,2-5,7,9-11,13-15H2,1H3,(H2,21,22,23). The molecule has 3 rings (SSSR count). The van der Waals surface area contributed by atoms with Crippen LogP contribution in [0.15, 0.2) is 29.4 Å². The van der Waals surface area contributed by atoms with Crippen LogP contribution in [0.4, 0.5) is 0 Å². The highest BCUT2D eigenvalue weighted by Crippen LogP contribution is 2.28. The second kappa shape index (κ2) is 10.1. The molecule has 1 aliphatic rings. The maximum atomic E-state index is 4.71. The predicted molar refractivity (Wildman–Crippen MR) is 106 cm³/mol. The minimum atomic E-state index is 0.795. The molecule has 2 heterocycles. The summed E-state index contributed by atoms with van der Waals surface area (Å²) in [6.45, 7) is 4.67. The average Bonchev–Trinajstić information content (AvgIpc) is 3.31. The molecule has 0 unspecified atom stereocenters. The zero-order valence-corrected chi connectivity index (χ0v) is 16.0. The number of guanidine groups is 1. The van der Waals surface area contributed by atoms with Crippen LogP contribution in [0.3, 0.4) is 0 Å². The van der Waals surface area contributed by atoms with Crippen LogP contribution < -0.4 is 10.6 Å². The van der Waals surface area contributed by atoms with Crippen LogP contribution in [0.1, 0.15) is 57.7 Å². The Morgan fingerprint density at radius 2 is 2.08 bits per heavy atom. The van der Waals surface area contributed by atoms with E-state index in [-0.39, 0.29) is 0 Å². The van der Waals surface area contributed by atoms with Gasteiger partial charge in [0, 0.05) is 32.3 Å². The van der Waals surface area contributed by atoms with E-state index in [9.17, 15) is 0 Å². The Morgan fingerprint density at radius 3 is 2.92 bits per heavy atom. The molecule has 0 amide bonds. The third-order valence-electron chi connectivity index (χ3n) is 5.13. The van der Waals surface area contributed by atoms with Crippen LogP contribution >= 0.6 is 0 Å². The number of pyridine rings is 1. The van der Waals surface area contributed by atoms with Gasteiger partial charge in [0.1, 0.15) is 5.82 Å². The van der Waals surface area contributed by atoms with E-state index in [4.69, 9.17) is 4.99 Å². The third-order valence-corrected chi connectivity index (χ3v) is 5.13. The first kappa shape index (κ1) is 18.7. The van der Waals surface area contributed by atoms with E-state index in [1.165, 1.54) is 44.9 Å². The van der Waals surface area contributed by atoms with Gasteiger partial charge in [0.05, 0.1) is 0 Å². The Balaban J connectivity index is 1.39. The first-order valence-corrected chi connectivity index (χ1v) is 10.2. The van der Waals surface area contributed by atoms with Crippen molar-refractivity contribution >= 4 is 11.6 Å². The predicted octanol–water partition coefficient (Wildman–Crippen LogP) is 3.19. The summed E-state index contributed by atoms with van der Waals surface area (Å²) in [5, 5.41) is 15.2. The van der Waals surface area contributed by atoms with Crippen molar-refractivity contribution < 1.29 is 0 Å². The average molecular weight is 357 g/mol. The van der Waals surface area contributed by atoms with Crippen molar-refractivity contribution in [3.63, 3.8) is 0 Å². The zero-order chi connectivity index (χ0) is 18.0. The molecule has 2 N–H and O–H groups in total. The smallest absolute Gasteiger partial charge is 0.191 e. The van der Waals surface area contributed by atoms with Crippen molar-refractivity contribution in [2.45, 2.75) is 58.3 Å². The molecule has 1 fully saturated rings. The van der Waals surface area contributed by atoms with E-state index < -0.39 is 0 Å². The van der Waals surface area contributed by atoms with Crippen LogP contribution in [0.2, 0.25) is 0 Å². The summed E-state index contributed by atoms with van der Waals surface area (Å²) < 4.78 is 2.04. The number of rotatable bonds is 9. The van der Waals surface area contributed by atoms with Crippen LogP contribution in [-0.2, 0) is 6.42 Å². The Bertz CT molecular complexity index is 686. The van der Waals surface area contributed by atoms with E-state index in [0.29, 0.717) is 0 Å². The SMILES string of the molecule is CCNC(=NCCCCC1CCCC1)NCCc1nnc2ccccn12. The largest absolute Gasteiger partial charge is 0.357 e. The first-order valence-electron chi connectivity index (χ1n) is 10.2. The lowest BCUT2D eigenvalue weighted by molar-refractivity contribution is 0.475. The molecule has 1 saturated carbocycles. The summed E-state index contributed by atoms with van der Waals surface area (Å²) >= 11 is 0. The van der Waals surface area contributed by atoms with Gasteiger partial charge in [-0.25, -0.2) is 0 Å². The van der Waals surface area contributed by atoms with Crippen molar-refractivity contribution in [2.24, 2.45) is 10.9 Å². The van der Waals surface area contributed by atoms with Gasteiger partial charge < -0.3 is 10.6 Å². The van der Waals surface area contributed by atoms with E-state index in [1.807, 2.05) is 28.8 Å². The minimum Gasteiger partial charge on any atom is -0.357 e. The number of aromatic nitrogens is 3. The van der Waals surface area contributed by atoms with Gasteiger partial charge in [0.25, 0.3) is 0 Å². The molecule has 142 valence electrons. The van der Waals surface area contributed by atoms with Gasteiger partial charge in [-0.15, -0.1) is 10.2 Å². The molecule has 2 aromatic heterocycles. The summed E-state index contributed by atoms with van der Waals surface area (Å²) in [7, 11) is 0. The molecular weight excluding hydrogens is 324 g/mol. The molecule has 0 spiro atoms. The molecule has 0 saturated heterocycles. The van der Waals surface area contributed by atoms with Gasteiger partial charge in [-0.3, -0.25) is 9.39 Å². The highest BCUT2D eigenvalue weighted by molar-refractivity contribution is 5.79. The van der Waals surface area contributed by atoms with Crippen molar-refractivity contribution in [3.8, 4) is 0 Å². The number of nitrogens with zero attached hydrogens (tertiary/aromatic N) is 4. The van der Waals surface area contributed by atoms with E-state index >= 15 is 0 Å². The maximum absolute atomic E-state index is 4.71. The second-order valence-electron chi connectivity index (χ2n) is 7.13. The maximum Gasteiger partial charge on any atom is 0.191 e.